The van der Waals surface area contributed by atoms with Crippen LogP contribution in [-0.2, 0) is 0 Å². The molecule has 29 heavy (non-hydrogen) atoms. The van der Waals surface area contributed by atoms with Gasteiger partial charge in [-0.25, -0.2) is 4.98 Å². The van der Waals surface area contributed by atoms with Crippen LogP contribution >= 0.6 is 0 Å². The fourth-order valence-corrected chi connectivity index (χ4v) is 3.57. The van der Waals surface area contributed by atoms with Gasteiger partial charge in [-0.2, -0.15) is 0 Å². The molecule has 0 aromatic carbocycles. The first-order chi connectivity index (χ1) is 14.1. The van der Waals surface area contributed by atoms with Crippen LogP contribution in [0.2, 0.25) is 0 Å². The molecule has 7 nitrogen and oxygen atoms in total. The van der Waals surface area contributed by atoms with Gasteiger partial charge in [-0.15, -0.1) is 0 Å². The lowest BCUT2D eigenvalue weighted by molar-refractivity contribution is 0.0745. The van der Waals surface area contributed by atoms with Gasteiger partial charge in [0.1, 0.15) is 5.82 Å². The molecule has 1 aliphatic heterocycles. The van der Waals surface area contributed by atoms with Crippen LogP contribution in [0.3, 0.4) is 0 Å². The lowest BCUT2D eigenvalue weighted by atomic mass is 10.1. The van der Waals surface area contributed by atoms with Crippen LogP contribution in [0, 0.1) is 0 Å². The van der Waals surface area contributed by atoms with Crippen molar-refractivity contribution in [2.45, 2.75) is 26.7 Å². The summed E-state index contributed by atoms with van der Waals surface area (Å²) in [5.41, 5.74) is 0.944. The van der Waals surface area contributed by atoms with Crippen LogP contribution in [0.4, 0.5) is 5.82 Å². The second kappa shape index (κ2) is 10.0. The third-order valence-corrected chi connectivity index (χ3v) is 5.05. The van der Waals surface area contributed by atoms with E-state index in [-0.39, 0.29) is 11.8 Å². The Kier molecular flexibility index (Phi) is 7.16. The van der Waals surface area contributed by atoms with Gasteiger partial charge in [-0.1, -0.05) is 19.9 Å². The fraction of sp³-hybridized carbons (Fsp3) is 0.455. The summed E-state index contributed by atoms with van der Waals surface area (Å²) < 4.78 is 0. The highest BCUT2D eigenvalue weighted by atomic mass is 16.2. The SMILES string of the molecule is CCCN(CCC)C(=O)c1cncc(C(=O)N2CCN(c3ccccn3)CC2)c1. The van der Waals surface area contributed by atoms with E-state index in [1.54, 1.807) is 24.7 Å². The number of amides is 2. The van der Waals surface area contributed by atoms with Crippen molar-refractivity contribution in [3.8, 4) is 0 Å². The molecule has 0 saturated carbocycles. The summed E-state index contributed by atoms with van der Waals surface area (Å²) in [7, 11) is 0. The molecule has 1 aliphatic rings. The number of rotatable bonds is 7. The lowest BCUT2D eigenvalue weighted by Crippen LogP contribution is -2.49. The molecule has 154 valence electrons. The molecule has 0 bridgehead atoms. The highest BCUT2D eigenvalue weighted by Gasteiger charge is 2.24. The van der Waals surface area contributed by atoms with E-state index in [4.69, 9.17) is 0 Å². The fourth-order valence-electron chi connectivity index (χ4n) is 3.57. The Morgan fingerprint density at radius 3 is 2.31 bits per heavy atom. The largest absolute Gasteiger partial charge is 0.353 e. The number of nitrogens with zero attached hydrogens (tertiary/aromatic N) is 5. The number of hydrogen-bond acceptors (Lipinski definition) is 5. The van der Waals surface area contributed by atoms with Gasteiger partial charge < -0.3 is 14.7 Å². The number of aromatic nitrogens is 2. The summed E-state index contributed by atoms with van der Waals surface area (Å²) in [4.78, 5) is 40.2. The molecular weight excluding hydrogens is 366 g/mol. The molecule has 1 saturated heterocycles. The Bertz CT molecular complexity index is 813. The molecule has 2 aromatic heterocycles. The third kappa shape index (κ3) is 5.10. The zero-order valence-electron chi connectivity index (χ0n) is 17.3. The molecule has 0 spiro atoms. The summed E-state index contributed by atoms with van der Waals surface area (Å²) in [6, 6.07) is 7.52. The normalized spacial score (nSPS) is 14.0. The molecule has 1 fully saturated rings. The Morgan fingerprint density at radius 1 is 1.00 bits per heavy atom. The quantitative estimate of drug-likeness (QED) is 0.721. The Balaban J connectivity index is 1.66. The van der Waals surface area contributed by atoms with Crippen molar-refractivity contribution in [3.05, 3.63) is 54.0 Å². The molecule has 0 N–H and O–H groups in total. The van der Waals surface area contributed by atoms with Crippen LogP contribution in [0.25, 0.3) is 0 Å². The molecule has 3 heterocycles. The van der Waals surface area contributed by atoms with E-state index < -0.39 is 0 Å². The molecular formula is C22H29N5O2. The van der Waals surface area contributed by atoms with Crippen molar-refractivity contribution in [1.82, 2.24) is 19.8 Å². The molecule has 7 heteroatoms. The number of carbonyl (C=O) groups is 2. The minimum atomic E-state index is -0.0784. The van der Waals surface area contributed by atoms with Gasteiger partial charge in [-0.3, -0.25) is 14.6 Å². The maximum atomic E-state index is 13.0. The summed E-state index contributed by atoms with van der Waals surface area (Å²) >= 11 is 0. The summed E-state index contributed by atoms with van der Waals surface area (Å²) in [6.45, 7) is 8.22. The van der Waals surface area contributed by atoms with E-state index in [1.807, 2.05) is 28.0 Å². The van der Waals surface area contributed by atoms with Crippen molar-refractivity contribution in [3.63, 3.8) is 0 Å². The van der Waals surface area contributed by atoms with E-state index >= 15 is 0 Å². The number of carbonyl (C=O) groups excluding carboxylic acids is 2. The van der Waals surface area contributed by atoms with Crippen LogP contribution in [-0.4, -0.2) is 70.9 Å². The molecule has 3 rings (SSSR count). The lowest BCUT2D eigenvalue weighted by Gasteiger charge is -2.35. The van der Waals surface area contributed by atoms with Crippen LogP contribution in [0.15, 0.2) is 42.9 Å². The van der Waals surface area contributed by atoms with Crippen molar-refractivity contribution in [1.29, 1.82) is 0 Å². The first kappa shape index (κ1) is 20.8. The van der Waals surface area contributed by atoms with Gasteiger partial charge in [-0.05, 0) is 31.0 Å². The van der Waals surface area contributed by atoms with Crippen molar-refractivity contribution >= 4 is 17.6 Å². The second-order valence-corrected chi connectivity index (χ2v) is 7.22. The number of piperazine rings is 1. The molecule has 0 radical (unpaired) electrons. The van der Waals surface area contributed by atoms with Crippen LogP contribution in [0.5, 0.6) is 0 Å². The Hall–Kier alpha value is -2.96. The maximum Gasteiger partial charge on any atom is 0.255 e. The van der Waals surface area contributed by atoms with E-state index in [9.17, 15) is 9.59 Å². The van der Waals surface area contributed by atoms with E-state index in [0.717, 1.165) is 31.7 Å². The van der Waals surface area contributed by atoms with Gasteiger partial charge in [0, 0.05) is 57.9 Å². The van der Waals surface area contributed by atoms with Gasteiger partial charge >= 0.3 is 0 Å². The summed E-state index contributed by atoms with van der Waals surface area (Å²) in [6.07, 6.45) is 6.68. The van der Waals surface area contributed by atoms with E-state index in [2.05, 4.69) is 28.7 Å². The van der Waals surface area contributed by atoms with Crippen LogP contribution in [0.1, 0.15) is 47.4 Å². The standard InChI is InChI=1S/C22H29N5O2/c1-3-9-26(10-4-2)21(28)18-15-19(17-23-16-18)22(29)27-13-11-25(12-14-27)20-7-5-6-8-24-20/h5-8,15-17H,3-4,9-14H2,1-2H3. The predicted molar refractivity (Wildman–Crippen MR) is 113 cm³/mol. The molecule has 0 aliphatic carbocycles. The van der Waals surface area contributed by atoms with Crippen molar-refractivity contribution in [2.75, 3.05) is 44.2 Å². The third-order valence-electron chi connectivity index (χ3n) is 5.05. The maximum absolute atomic E-state index is 13.0. The van der Waals surface area contributed by atoms with Gasteiger partial charge in [0.15, 0.2) is 0 Å². The number of anilines is 1. The van der Waals surface area contributed by atoms with E-state index in [1.165, 1.54) is 0 Å². The predicted octanol–water partition coefficient (Wildman–Crippen LogP) is 2.70. The van der Waals surface area contributed by atoms with Crippen molar-refractivity contribution < 1.29 is 9.59 Å². The van der Waals surface area contributed by atoms with E-state index in [0.29, 0.717) is 37.3 Å². The minimum Gasteiger partial charge on any atom is -0.353 e. The zero-order valence-corrected chi connectivity index (χ0v) is 17.3. The summed E-state index contributed by atoms with van der Waals surface area (Å²) in [5.74, 6) is 0.793. The number of hydrogen-bond donors (Lipinski definition) is 0. The average Bonchev–Trinajstić information content (AvgIpc) is 2.79. The first-order valence-corrected chi connectivity index (χ1v) is 10.3. The van der Waals surface area contributed by atoms with Gasteiger partial charge in [0.05, 0.1) is 11.1 Å². The molecule has 0 unspecified atom stereocenters. The highest BCUT2D eigenvalue weighted by molar-refractivity contribution is 5.99. The Morgan fingerprint density at radius 2 is 1.69 bits per heavy atom. The smallest absolute Gasteiger partial charge is 0.255 e. The summed E-state index contributed by atoms with van der Waals surface area (Å²) in [5, 5.41) is 0. The molecule has 2 aromatic rings. The second-order valence-electron chi connectivity index (χ2n) is 7.22. The van der Waals surface area contributed by atoms with Gasteiger partial charge in [0.25, 0.3) is 11.8 Å². The number of pyridine rings is 2. The zero-order chi connectivity index (χ0) is 20.6. The van der Waals surface area contributed by atoms with Gasteiger partial charge in [0.2, 0.25) is 0 Å². The topological polar surface area (TPSA) is 69.6 Å². The minimum absolute atomic E-state index is 0.0594. The monoisotopic (exact) mass is 395 g/mol. The van der Waals surface area contributed by atoms with Crippen LogP contribution < -0.4 is 4.90 Å². The first-order valence-electron chi connectivity index (χ1n) is 10.3. The molecule has 0 atom stereocenters. The Labute approximate surface area is 172 Å². The highest BCUT2D eigenvalue weighted by Crippen LogP contribution is 2.15. The average molecular weight is 396 g/mol. The van der Waals surface area contributed by atoms with Crippen molar-refractivity contribution in [2.24, 2.45) is 0 Å². The molecule has 2 amide bonds.